The molecule has 3 N–H and O–H groups in total. The molecule has 0 spiro atoms. The van der Waals surface area contributed by atoms with E-state index in [0.29, 0.717) is 19.4 Å². The Bertz CT molecular complexity index is 741. The van der Waals surface area contributed by atoms with Crippen molar-refractivity contribution in [2.45, 2.75) is 78.2 Å². The summed E-state index contributed by atoms with van der Waals surface area (Å²) >= 11 is 0. The van der Waals surface area contributed by atoms with Crippen LogP contribution in [0.4, 0.5) is 0 Å². The zero-order chi connectivity index (χ0) is 25.0. The van der Waals surface area contributed by atoms with Crippen molar-refractivity contribution in [3.63, 3.8) is 0 Å². The van der Waals surface area contributed by atoms with Gasteiger partial charge in [0.15, 0.2) is 5.78 Å². The average molecular weight is 467 g/mol. The number of hydrogen-bond donors (Lipinski definition) is 3. The second kappa shape index (κ2) is 13.9. The van der Waals surface area contributed by atoms with E-state index in [1.165, 1.54) is 12.2 Å². The lowest BCUT2D eigenvalue weighted by atomic mass is 9.73. The Balaban J connectivity index is 3.00. The van der Waals surface area contributed by atoms with Gasteiger partial charge in [0.05, 0.1) is 12.7 Å². The molecular weight excluding hydrogens is 428 g/mol. The Kier molecular flexibility index (Phi) is 12.1. The Labute approximate surface area is 195 Å². The van der Waals surface area contributed by atoms with E-state index in [4.69, 9.17) is 4.74 Å². The molecular formula is C25H38O8. The summed E-state index contributed by atoms with van der Waals surface area (Å²) in [7, 11) is 0. The molecule has 3 unspecified atom stereocenters. The molecule has 0 radical (unpaired) electrons. The van der Waals surface area contributed by atoms with Crippen molar-refractivity contribution < 1.29 is 39.2 Å². The van der Waals surface area contributed by atoms with Gasteiger partial charge >= 0.3 is 17.9 Å². The second-order valence-corrected chi connectivity index (χ2v) is 8.74. The van der Waals surface area contributed by atoms with E-state index in [0.717, 1.165) is 19.3 Å². The number of aliphatic hydroxyl groups excluding tert-OH is 1. The van der Waals surface area contributed by atoms with Crippen molar-refractivity contribution in [1.29, 1.82) is 0 Å². The van der Waals surface area contributed by atoms with Crippen LogP contribution in [-0.2, 0) is 23.9 Å². The average Bonchev–Trinajstić information content (AvgIpc) is 3.05. The zero-order valence-corrected chi connectivity index (χ0v) is 19.9. The van der Waals surface area contributed by atoms with Crippen molar-refractivity contribution in [2.75, 3.05) is 6.61 Å². The van der Waals surface area contributed by atoms with E-state index in [2.05, 4.69) is 6.92 Å². The Morgan fingerprint density at radius 1 is 1.18 bits per heavy atom. The summed E-state index contributed by atoms with van der Waals surface area (Å²) in [5, 5.41) is 29.9. The summed E-state index contributed by atoms with van der Waals surface area (Å²) in [4.78, 5) is 48.3. The molecule has 0 saturated heterocycles. The largest absolute Gasteiger partial charge is 0.481 e. The van der Waals surface area contributed by atoms with E-state index in [-0.39, 0.29) is 31.1 Å². The van der Waals surface area contributed by atoms with Crippen LogP contribution in [0.5, 0.6) is 0 Å². The number of hydrogen-bond acceptors (Lipinski definition) is 6. The molecule has 33 heavy (non-hydrogen) atoms. The van der Waals surface area contributed by atoms with Crippen LogP contribution in [0.3, 0.4) is 0 Å². The molecule has 0 heterocycles. The first kappa shape index (κ1) is 28.6. The zero-order valence-electron chi connectivity index (χ0n) is 19.9. The van der Waals surface area contributed by atoms with Crippen molar-refractivity contribution in [2.24, 2.45) is 23.2 Å². The second-order valence-electron chi connectivity index (χ2n) is 8.74. The van der Waals surface area contributed by atoms with Gasteiger partial charge in [-0.1, -0.05) is 51.0 Å². The number of allylic oxidation sites excluding steroid dienone is 3. The van der Waals surface area contributed by atoms with Gasteiger partial charge in [0, 0.05) is 12.3 Å². The van der Waals surface area contributed by atoms with Crippen LogP contribution in [0.15, 0.2) is 24.3 Å². The number of Topliss-reactive ketones (excluding diaryl/α,β-unsaturated/α-hetero) is 1. The molecule has 0 aromatic rings. The fourth-order valence-corrected chi connectivity index (χ4v) is 4.23. The van der Waals surface area contributed by atoms with E-state index in [9.17, 15) is 34.5 Å². The third-order valence-corrected chi connectivity index (χ3v) is 6.36. The van der Waals surface area contributed by atoms with Crippen LogP contribution < -0.4 is 0 Å². The minimum Gasteiger partial charge on any atom is -0.481 e. The van der Waals surface area contributed by atoms with Crippen LogP contribution >= 0.6 is 0 Å². The fourth-order valence-electron chi connectivity index (χ4n) is 4.23. The maximum absolute atomic E-state index is 13.0. The number of esters is 1. The van der Waals surface area contributed by atoms with Gasteiger partial charge in [-0.15, -0.1) is 0 Å². The molecule has 1 fully saturated rings. The molecule has 186 valence electrons. The lowest BCUT2D eigenvalue weighted by molar-refractivity contribution is -0.156. The molecule has 1 aliphatic rings. The van der Waals surface area contributed by atoms with Crippen molar-refractivity contribution in [3.8, 4) is 0 Å². The highest BCUT2D eigenvalue weighted by atomic mass is 16.5. The first-order chi connectivity index (χ1) is 15.6. The Morgan fingerprint density at radius 2 is 1.88 bits per heavy atom. The number of carboxylic acids is 2. The first-order valence-electron chi connectivity index (χ1n) is 11.8. The number of rotatable bonds is 15. The van der Waals surface area contributed by atoms with Gasteiger partial charge in [-0.3, -0.25) is 19.2 Å². The highest BCUT2D eigenvalue weighted by molar-refractivity contribution is 6.13. The fraction of sp³-hybridized carbons (Fsp3) is 0.680. The predicted octanol–water partition coefficient (Wildman–Crippen LogP) is 3.77. The topological polar surface area (TPSA) is 138 Å². The molecule has 0 bridgehead atoms. The maximum Gasteiger partial charge on any atom is 0.318 e. The number of aliphatic carboxylic acids is 2. The van der Waals surface area contributed by atoms with Gasteiger partial charge in [-0.2, -0.15) is 0 Å². The first-order valence-corrected chi connectivity index (χ1v) is 11.8. The van der Waals surface area contributed by atoms with Gasteiger partial charge in [-0.25, -0.2) is 0 Å². The number of carboxylic acid groups (broad SMARTS) is 2. The van der Waals surface area contributed by atoms with Crippen molar-refractivity contribution >= 4 is 23.7 Å². The predicted molar refractivity (Wildman–Crippen MR) is 122 cm³/mol. The molecule has 0 aromatic heterocycles. The number of ether oxygens (including phenoxy) is 1. The monoisotopic (exact) mass is 466 g/mol. The van der Waals surface area contributed by atoms with E-state index in [1.807, 2.05) is 6.92 Å². The van der Waals surface area contributed by atoms with Crippen LogP contribution in [-0.4, -0.2) is 51.7 Å². The number of unbranched alkanes of at least 4 members (excludes halogenated alkanes) is 2. The third kappa shape index (κ3) is 7.81. The molecule has 8 nitrogen and oxygen atoms in total. The van der Waals surface area contributed by atoms with Gasteiger partial charge in [0.2, 0.25) is 0 Å². The van der Waals surface area contributed by atoms with Gasteiger partial charge < -0.3 is 20.1 Å². The van der Waals surface area contributed by atoms with E-state index < -0.39 is 41.1 Å². The van der Waals surface area contributed by atoms with Crippen LogP contribution in [0.25, 0.3) is 0 Å². The number of carbonyl (C=O) groups is 4. The molecule has 1 saturated carbocycles. The molecule has 0 aromatic carbocycles. The quantitative estimate of drug-likeness (QED) is 0.143. The third-order valence-electron chi connectivity index (χ3n) is 6.36. The van der Waals surface area contributed by atoms with Gasteiger partial charge in [0.25, 0.3) is 0 Å². The summed E-state index contributed by atoms with van der Waals surface area (Å²) in [6.07, 6.45) is 9.22. The minimum absolute atomic E-state index is 0.0351. The standard InChI is InChI=1S/C25H38O8/c1-4-6-11-17(3)20(26)14-13-18-16-19(23(29)30)22(28)25(18,24(31)32)15-10-8-7-9-12-21(27)33-5-2/h8,10,13-14,17-20,26H,4-7,9,11-12,15-16H2,1-3H3,(H,29,30)(H,31,32)/t17?,18-,19-,20?,25?/m0/s1. The normalized spacial score (nSPS) is 24.9. The highest BCUT2D eigenvalue weighted by Gasteiger charge is 2.60. The summed E-state index contributed by atoms with van der Waals surface area (Å²) in [5.74, 6) is -6.11. The number of carbonyl (C=O) groups excluding carboxylic acids is 2. The molecule has 0 amide bonds. The van der Waals surface area contributed by atoms with Crippen LogP contribution in [0.2, 0.25) is 0 Å². The molecule has 1 rings (SSSR count). The lowest BCUT2D eigenvalue weighted by Gasteiger charge is -2.27. The van der Waals surface area contributed by atoms with Gasteiger partial charge in [-0.05, 0) is 44.9 Å². The van der Waals surface area contributed by atoms with Gasteiger partial charge in [0.1, 0.15) is 11.3 Å². The summed E-state index contributed by atoms with van der Waals surface area (Å²) in [5.41, 5.74) is -1.90. The minimum atomic E-state index is -1.90. The van der Waals surface area contributed by atoms with Crippen molar-refractivity contribution in [3.05, 3.63) is 24.3 Å². The number of aliphatic hydroxyl groups is 1. The number of ketones is 1. The SMILES string of the molecule is CCCCC(C)C(O)C=C[C@H]1C[C@H](C(=O)O)C(=O)C1(CC=CCCCC(=O)OCC)C(=O)O. The molecule has 1 aliphatic carbocycles. The molecule has 8 heteroatoms. The molecule has 0 aliphatic heterocycles. The summed E-state index contributed by atoms with van der Waals surface area (Å²) in [6.45, 7) is 5.98. The lowest BCUT2D eigenvalue weighted by Crippen LogP contribution is -2.42. The van der Waals surface area contributed by atoms with Crippen LogP contribution in [0, 0.1) is 23.2 Å². The van der Waals surface area contributed by atoms with E-state index >= 15 is 0 Å². The van der Waals surface area contributed by atoms with E-state index in [1.54, 1.807) is 19.1 Å². The smallest absolute Gasteiger partial charge is 0.318 e. The molecule has 5 atom stereocenters. The Hall–Kier alpha value is -2.48. The van der Waals surface area contributed by atoms with Crippen molar-refractivity contribution in [1.82, 2.24) is 0 Å². The summed E-state index contributed by atoms with van der Waals surface area (Å²) < 4.78 is 4.85. The highest BCUT2D eigenvalue weighted by Crippen LogP contribution is 2.48. The van der Waals surface area contributed by atoms with Crippen LogP contribution in [0.1, 0.15) is 72.1 Å². The maximum atomic E-state index is 13.0. The summed E-state index contributed by atoms with van der Waals surface area (Å²) in [6, 6.07) is 0. The Morgan fingerprint density at radius 3 is 2.45 bits per heavy atom.